The zero-order valence-corrected chi connectivity index (χ0v) is 16.5. The highest BCUT2D eigenvalue weighted by Gasteiger charge is 2.48. The van der Waals surface area contributed by atoms with Gasteiger partial charge < -0.3 is 10.6 Å². The van der Waals surface area contributed by atoms with Crippen LogP contribution >= 0.6 is 0 Å². The van der Waals surface area contributed by atoms with Crippen LogP contribution in [0, 0.1) is 0 Å². The van der Waals surface area contributed by atoms with E-state index in [1.807, 2.05) is 48.5 Å². The van der Waals surface area contributed by atoms with Gasteiger partial charge in [0.25, 0.3) is 11.8 Å². The van der Waals surface area contributed by atoms with Gasteiger partial charge in [-0.1, -0.05) is 60.7 Å². The highest BCUT2D eigenvalue weighted by molar-refractivity contribution is 6.07. The zero-order chi connectivity index (χ0) is 21.1. The van der Waals surface area contributed by atoms with Gasteiger partial charge in [0.2, 0.25) is 0 Å². The van der Waals surface area contributed by atoms with E-state index in [1.54, 1.807) is 43.3 Å². The fourth-order valence-corrected chi connectivity index (χ4v) is 3.53. The Morgan fingerprint density at radius 3 is 2.30 bits per heavy atom. The van der Waals surface area contributed by atoms with Crippen molar-refractivity contribution in [2.75, 3.05) is 5.32 Å². The number of imide groups is 1. The normalized spacial score (nSPS) is 18.2. The third-order valence-corrected chi connectivity index (χ3v) is 5.19. The molecular weight excluding hydrogens is 378 g/mol. The van der Waals surface area contributed by atoms with Crippen molar-refractivity contribution in [2.24, 2.45) is 0 Å². The Bertz CT molecular complexity index is 1100. The maximum Gasteiger partial charge on any atom is 0.325 e. The monoisotopic (exact) mass is 399 g/mol. The Labute approximate surface area is 174 Å². The second-order valence-corrected chi connectivity index (χ2v) is 7.33. The highest BCUT2D eigenvalue weighted by atomic mass is 16.2. The number of benzene rings is 3. The molecule has 4 rings (SSSR count). The Morgan fingerprint density at radius 1 is 0.933 bits per heavy atom. The first-order valence-electron chi connectivity index (χ1n) is 9.62. The molecule has 1 saturated heterocycles. The van der Waals surface area contributed by atoms with Crippen LogP contribution in [0.4, 0.5) is 10.5 Å². The minimum absolute atomic E-state index is 0.0829. The lowest BCUT2D eigenvalue weighted by Gasteiger charge is -2.22. The summed E-state index contributed by atoms with van der Waals surface area (Å²) in [5, 5.41) is 5.63. The number of carbonyl (C=O) groups excluding carboxylic acids is 3. The lowest BCUT2D eigenvalue weighted by atomic mass is 9.92. The molecule has 0 radical (unpaired) electrons. The van der Waals surface area contributed by atoms with E-state index < -0.39 is 11.6 Å². The second-order valence-electron chi connectivity index (χ2n) is 7.33. The van der Waals surface area contributed by atoms with Crippen molar-refractivity contribution < 1.29 is 14.4 Å². The second kappa shape index (κ2) is 7.83. The number of hydrogen-bond donors (Lipinski definition) is 2. The van der Waals surface area contributed by atoms with E-state index in [1.165, 1.54) is 4.90 Å². The third kappa shape index (κ3) is 3.67. The molecule has 150 valence electrons. The molecule has 6 nitrogen and oxygen atoms in total. The van der Waals surface area contributed by atoms with Gasteiger partial charge >= 0.3 is 6.03 Å². The van der Waals surface area contributed by atoms with Crippen LogP contribution in [0.25, 0.3) is 0 Å². The summed E-state index contributed by atoms with van der Waals surface area (Å²) in [6.07, 6.45) is 0. The molecular formula is C24H21N3O3. The number of nitrogens with zero attached hydrogens (tertiary/aromatic N) is 1. The van der Waals surface area contributed by atoms with E-state index in [0.29, 0.717) is 16.8 Å². The topological polar surface area (TPSA) is 78.5 Å². The fraction of sp³-hybridized carbons (Fsp3) is 0.125. The van der Waals surface area contributed by atoms with Gasteiger partial charge in [-0.2, -0.15) is 0 Å². The first-order chi connectivity index (χ1) is 14.5. The lowest BCUT2D eigenvalue weighted by molar-refractivity contribution is -0.131. The van der Waals surface area contributed by atoms with Gasteiger partial charge in [0.1, 0.15) is 5.54 Å². The van der Waals surface area contributed by atoms with Crippen LogP contribution in [0.2, 0.25) is 0 Å². The highest BCUT2D eigenvalue weighted by Crippen LogP contribution is 2.29. The van der Waals surface area contributed by atoms with Crippen molar-refractivity contribution in [3.8, 4) is 0 Å². The minimum atomic E-state index is -1.11. The fourth-order valence-electron chi connectivity index (χ4n) is 3.53. The van der Waals surface area contributed by atoms with E-state index >= 15 is 0 Å². The van der Waals surface area contributed by atoms with Crippen molar-refractivity contribution in [1.82, 2.24) is 10.2 Å². The predicted octanol–water partition coefficient (Wildman–Crippen LogP) is 3.91. The van der Waals surface area contributed by atoms with Gasteiger partial charge in [0.15, 0.2) is 0 Å². The lowest BCUT2D eigenvalue weighted by Crippen LogP contribution is -2.40. The van der Waals surface area contributed by atoms with Crippen LogP contribution < -0.4 is 10.6 Å². The molecule has 1 atom stereocenters. The van der Waals surface area contributed by atoms with Gasteiger partial charge in [0.05, 0.1) is 6.54 Å². The number of para-hydroxylation sites is 1. The first-order valence-corrected chi connectivity index (χ1v) is 9.62. The van der Waals surface area contributed by atoms with Crippen LogP contribution in [-0.2, 0) is 16.9 Å². The molecule has 2 N–H and O–H groups in total. The van der Waals surface area contributed by atoms with Crippen LogP contribution in [0.5, 0.6) is 0 Å². The molecule has 0 aliphatic carbocycles. The molecule has 6 heteroatoms. The number of urea groups is 1. The number of rotatable bonds is 5. The average Bonchev–Trinajstić information content (AvgIpc) is 2.99. The van der Waals surface area contributed by atoms with E-state index in [4.69, 9.17) is 0 Å². The van der Waals surface area contributed by atoms with Crippen LogP contribution in [-0.4, -0.2) is 22.7 Å². The minimum Gasteiger partial charge on any atom is -0.322 e. The summed E-state index contributed by atoms with van der Waals surface area (Å²) in [6, 6.07) is 24.8. The standard InChI is InChI=1S/C24H21N3O3/c1-24(19-11-4-2-5-12-19)22(29)27(23(30)26-24)16-17-9-8-10-18(15-17)21(28)25-20-13-6-3-7-14-20/h2-15H,16H2,1H3,(H,25,28)(H,26,30). The molecule has 30 heavy (non-hydrogen) atoms. The van der Waals surface area contributed by atoms with Crippen molar-refractivity contribution in [3.63, 3.8) is 0 Å². The number of carbonyl (C=O) groups is 3. The molecule has 1 heterocycles. The molecule has 3 aromatic rings. The summed E-state index contributed by atoms with van der Waals surface area (Å²) in [7, 11) is 0. The summed E-state index contributed by atoms with van der Waals surface area (Å²) in [4.78, 5) is 39.3. The number of amides is 4. The van der Waals surface area contributed by atoms with Crippen molar-refractivity contribution in [1.29, 1.82) is 0 Å². The van der Waals surface area contributed by atoms with E-state index in [0.717, 1.165) is 5.56 Å². The maximum absolute atomic E-state index is 13.1. The van der Waals surface area contributed by atoms with Crippen molar-refractivity contribution in [2.45, 2.75) is 19.0 Å². The molecule has 3 aromatic carbocycles. The number of anilines is 1. The summed E-state index contributed by atoms with van der Waals surface area (Å²) in [5.74, 6) is -0.577. The van der Waals surface area contributed by atoms with E-state index in [-0.39, 0.29) is 18.4 Å². The molecule has 0 spiro atoms. The molecule has 0 bridgehead atoms. The molecule has 4 amide bonds. The largest absolute Gasteiger partial charge is 0.325 e. The maximum atomic E-state index is 13.1. The van der Waals surface area contributed by atoms with E-state index in [9.17, 15) is 14.4 Å². The van der Waals surface area contributed by atoms with E-state index in [2.05, 4.69) is 10.6 Å². The zero-order valence-electron chi connectivity index (χ0n) is 16.5. The quantitative estimate of drug-likeness (QED) is 0.639. The van der Waals surface area contributed by atoms with Gasteiger partial charge in [-0.3, -0.25) is 14.5 Å². The number of nitrogens with one attached hydrogen (secondary N) is 2. The van der Waals surface area contributed by atoms with Gasteiger partial charge in [0, 0.05) is 11.3 Å². The Morgan fingerprint density at radius 2 is 1.60 bits per heavy atom. The molecule has 1 aliphatic heterocycles. The SMILES string of the molecule is CC1(c2ccccc2)NC(=O)N(Cc2cccc(C(=O)Nc3ccccc3)c2)C1=O. The molecule has 1 unspecified atom stereocenters. The summed E-state index contributed by atoms with van der Waals surface area (Å²) >= 11 is 0. The van der Waals surface area contributed by atoms with Crippen LogP contribution in [0.3, 0.4) is 0 Å². The van der Waals surface area contributed by atoms with Crippen molar-refractivity contribution in [3.05, 3.63) is 102 Å². The number of hydrogen-bond acceptors (Lipinski definition) is 3. The molecule has 0 saturated carbocycles. The van der Waals surface area contributed by atoms with Gasteiger partial charge in [-0.15, -0.1) is 0 Å². The smallest absolute Gasteiger partial charge is 0.322 e. The predicted molar refractivity (Wildman–Crippen MR) is 114 cm³/mol. The van der Waals surface area contributed by atoms with Crippen LogP contribution in [0.15, 0.2) is 84.9 Å². The van der Waals surface area contributed by atoms with Crippen molar-refractivity contribution >= 4 is 23.5 Å². The summed E-state index contributed by atoms with van der Waals surface area (Å²) < 4.78 is 0. The van der Waals surface area contributed by atoms with Gasteiger partial charge in [-0.25, -0.2) is 4.79 Å². The molecule has 0 aromatic heterocycles. The molecule has 1 aliphatic rings. The third-order valence-electron chi connectivity index (χ3n) is 5.19. The Hall–Kier alpha value is -3.93. The summed E-state index contributed by atoms with van der Waals surface area (Å²) in [5.41, 5.74) is 1.45. The van der Waals surface area contributed by atoms with Crippen LogP contribution in [0.1, 0.15) is 28.4 Å². The first kappa shape index (κ1) is 19.4. The molecule has 1 fully saturated rings. The Kier molecular flexibility index (Phi) is 5.06. The average molecular weight is 399 g/mol. The Balaban J connectivity index is 1.52. The van der Waals surface area contributed by atoms with Gasteiger partial charge in [-0.05, 0) is 42.3 Å². The summed E-state index contributed by atoms with van der Waals surface area (Å²) in [6.45, 7) is 1.78.